The molecule has 0 bridgehead atoms. The summed E-state index contributed by atoms with van der Waals surface area (Å²) in [6, 6.07) is 32.8. The van der Waals surface area contributed by atoms with E-state index in [2.05, 4.69) is 108 Å². The third-order valence-corrected chi connectivity index (χ3v) is 6.72. The van der Waals surface area contributed by atoms with Gasteiger partial charge in [-0.25, -0.2) is 0 Å². The number of para-hydroxylation sites is 3. The van der Waals surface area contributed by atoms with Crippen LogP contribution in [0.4, 0.5) is 17.1 Å². The summed E-state index contributed by atoms with van der Waals surface area (Å²) in [5.74, 6) is 0. The number of fused-ring (bicyclic) bond motifs is 5. The Morgan fingerprint density at radius 1 is 0.607 bits per heavy atom. The highest BCUT2D eigenvalue weighted by Gasteiger charge is 2.24. The van der Waals surface area contributed by atoms with Gasteiger partial charge in [-0.15, -0.1) is 0 Å². The molecule has 1 aliphatic rings. The van der Waals surface area contributed by atoms with Crippen molar-refractivity contribution in [1.82, 2.24) is 4.57 Å². The van der Waals surface area contributed by atoms with Gasteiger partial charge in [0.25, 0.3) is 0 Å². The van der Waals surface area contributed by atoms with Crippen LogP contribution in [-0.2, 0) is 7.05 Å². The zero-order chi connectivity index (χ0) is 18.7. The summed E-state index contributed by atoms with van der Waals surface area (Å²) in [4.78, 5) is 4.97. The summed E-state index contributed by atoms with van der Waals surface area (Å²) in [7, 11) is 2.15. The minimum atomic E-state index is 1.20. The number of nitrogens with zero attached hydrogens (tertiary/aromatic N) is 2. The largest absolute Gasteiger partial charge is 0.344 e. The molecule has 0 radical (unpaired) electrons. The zero-order valence-electron chi connectivity index (χ0n) is 15.5. The van der Waals surface area contributed by atoms with Crippen molar-refractivity contribution in [3.63, 3.8) is 0 Å². The zero-order valence-corrected chi connectivity index (χ0v) is 16.3. The number of aryl methyl sites for hydroxylation is 1. The quantitative estimate of drug-likeness (QED) is 0.297. The molecule has 6 rings (SSSR count). The van der Waals surface area contributed by atoms with Gasteiger partial charge in [0.1, 0.15) is 0 Å². The fourth-order valence-electron chi connectivity index (χ4n) is 4.28. The highest BCUT2D eigenvalue weighted by Crippen LogP contribution is 2.51. The van der Waals surface area contributed by atoms with Crippen LogP contribution >= 0.6 is 11.8 Å². The molecule has 0 saturated heterocycles. The second-order valence-corrected chi connectivity index (χ2v) is 8.23. The smallest absolute Gasteiger partial charge is 0.0601 e. The minimum absolute atomic E-state index is 1.20. The molecular weight excluding hydrogens is 360 g/mol. The Labute approximate surface area is 168 Å². The Morgan fingerprint density at radius 3 is 1.96 bits per heavy atom. The lowest BCUT2D eigenvalue weighted by molar-refractivity contribution is 1.01. The van der Waals surface area contributed by atoms with Crippen LogP contribution in [0.3, 0.4) is 0 Å². The van der Waals surface area contributed by atoms with Crippen LogP contribution in [0.2, 0.25) is 0 Å². The van der Waals surface area contributed by atoms with Crippen molar-refractivity contribution >= 4 is 50.6 Å². The van der Waals surface area contributed by atoms with Crippen molar-refractivity contribution in [2.75, 3.05) is 4.90 Å². The van der Waals surface area contributed by atoms with Crippen molar-refractivity contribution in [3.8, 4) is 0 Å². The van der Waals surface area contributed by atoms with Crippen LogP contribution in [0.15, 0.2) is 101 Å². The maximum Gasteiger partial charge on any atom is 0.0601 e. The van der Waals surface area contributed by atoms with Gasteiger partial charge in [-0.05, 0) is 48.5 Å². The van der Waals surface area contributed by atoms with Gasteiger partial charge in [-0.3, -0.25) is 0 Å². The van der Waals surface area contributed by atoms with Gasteiger partial charge < -0.3 is 9.47 Å². The number of benzene rings is 4. The monoisotopic (exact) mass is 378 g/mol. The minimum Gasteiger partial charge on any atom is -0.344 e. The molecule has 0 aliphatic carbocycles. The van der Waals surface area contributed by atoms with Gasteiger partial charge >= 0.3 is 0 Å². The van der Waals surface area contributed by atoms with Gasteiger partial charge in [-0.2, -0.15) is 0 Å². The summed E-state index contributed by atoms with van der Waals surface area (Å²) >= 11 is 1.85. The van der Waals surface area contributed by atoms with Gasteiger partial charge in [0.15, 0.2) is 0 Å². The van der Waals surface area contributed by atoms with Crippen molar-refractivity contribution in [2.45, 2.75) is 9.79 Å². The molecule has 2 heterocycles. The van der Waals surface area contributed by atoms with E-state index in [4.69, 9.17) is 0 Å². The predicted molar refractivity (Wildman–Crippen MR) is 119 cm³/mol. The van der Waals surface area contributed by atoms with Crippen LogP contribution in [0.25, 0.3) is 21.8 Å². The van der Waals surface area contributed by atoms with Crippen LogP contribution in [0, 0.1) is 0 Å². The van der Waals surface area contributed by atoms with E-state index in [1.54, 1.807) is 0 Å². The lowest BCUT2D eigenvalue weighted by Crippen LogP contribution is -2.14. The van der Waals surface area contributed by atoms with Crippen LogP contribution in [-0.4, -0.2) is 4.57 Å². The summed E-state index contributed by atoms with van der Waals surface area (Å²) in [5, 5.41) is 2.60. The second-order valence-electron chi connectivity index (χ2n) is 7.15. The van der Waals surface area contributed by atoms with Gasteiger partial charge in [0.2, 0.25) is 0 Å². The Kier molecular flexibility index (Phi) is 3.35. The lowest BCUT2D eigenvalue weighted by Gasteiger charge is -2.32. The third kappa shape index (κ3) is 2.17. The first-order valence-electron chi connectivity index (χ1n) is 9.44. The molecule has 0 spiro atoms. The summed E-state index contributed by atoms with van der Waals surface area (Å²) in [5.41, 5.74) is 6.21. The van der Waals surface area contributed by atoms with E-state index >= 15 is 0 Å². The van der Waals surface area contributed by atoms with Gasteiger partial charge in [0, 0.05) is 44.3 Å². The average Bonchev–Trinajstić information content (AvgIpc) is 3.04. The fourth-order valence-corrected chi connectivity index (χ4v) is 5.34. The first kappa shape index (κ1) is 15.8. The average molecular weight is 379 g/mol. The van der Waals surface area contributed by atoms with E-state index in [9.17, 15) is 0 Å². The number of hydrogen-bond donors (Lipinski definition) is 0. The molecule has 2 nitrogen and oxygen atoms in total. The molecular formula is C25H18N2S. The van der Waals surface area contributed by atoms with E-state index in [1.165, 1.54) is 48.7 Å². The Balaban J connectivity index is 1.65. The third-order valence-electron chi connectivity index (χ3n) is 5.59. The molecule has 4 aromatic carbocycles. The summed E-state index contributed by atoms with van der Waals surface area (Å²) in [6.45, 7) is 0. The van der Waals surface area contributed by atoms with Crippen LogP contribution in [0.1, 0.15) is 0 Å². The molecule has 28 heavy (non-hydrogen) atoms. The van der Waals surface area contributed by atoms with Gasteiger partial charge in [-0.1, -0.05) is 54.2 Å². The van der Waals surface area contributed by atoms with Crippen molar-refractivity contribution in [2.24, 2.45) is 7.05 Å². The molecule has 0 saturated carbocycles. The second kappa shape index (κ2) is 5.91. The van der Waals surface area contributed by atoms with Crippen molar-refractivity contribution < 1.29 is 0 Å². The molecule has 3 heteroatoms. The number of hydrogen-bond acceptors (Lipinski definition) is 2. The maximum atomic E-state index is 2.39. The van der Waals surface area contributed by atoms with E-state index in [0.717, 1.165) is 0 Å². The first-order valence-corrected chi connectivity index (χ1v) is 10.3. The molecule has 0 atom stereocenters. The van der Waals surface area contributed by atoms with Crippen LogP contribution in [0.5, 0.6) is 0 Å². The molecule has 134 valence electrons. The van der Waals surface area contributed by atoms with E-state index in [1.807, 2.05) is 11.8 Å². The Hall–Kier alpha value is -3.17. The van der Waals surface area contributed by atoms with Crippen molar-refractivity contribution in [3.05, 3.63) is 91.0 Å². The molecule has 5 aromatic rings. The Bertz CT molecular complexity index is 1320. The number of rotatable bonds is 1. The van der Waals surface area contributed by atoms with Crippen LogP contribution < -0.4 is 4.90 Å². The maximum absolute atomic E-state index is 2.39. The summed E-state index contributed by atoms with van der Waals surface area (Å²) < 4.78 is 2.28. The topological polar surface area (TPSA) is 8.17 Å². The van der Waals surface area contributed by atoms with Crippen molar-refractivity contribution in [1.29, 1.82) is 0 Å². The molecule has 1 aliphatic heterocycles. The molecule has 0 fully saturated rings. The van der Waals surface area contributed by atoms with E-state index in [0.29, 0.717) is 0 Å². The first-order chi connectivity index (χ1) is 13.8. The molecule has 1 aromatic heterocycles. The molecule has 0 amide bonds. The fraction of sp³-hybridized carbons (Fsp3) is 0.0400. The molecule has 0 N–H and O–H groups in total. The SMILES string of the molecule is Cn1c2ccccc2c2cc(N3c4ccccc4Sc4ccccc43)ccc21. The standard InChI is InChI=1S/C25H18N2S/c1-26-20-9-3-2-8-18(20)19-16-17(14-15-21(19)26)27-22-10-4-6-12-24(22)28-25-13-7-5-11-23(25)27/h2-16H,1H3. The van der Waals surface area contributed by atoms with E-state index in [-0.39, 0.29) is 0 Å². The molecule has 0 unspecified atom stereocenters. The van der Waals surface area contributed by atoms with E-state index < -0.39 is 0 Å². The number of anilines is 3. The Morgan fingerprint density at radius 2 is 1.21 bits per heavy atom. The highest BCUT2D eigenvalue weighted by molar-refractivity contribution is 7.99. The highest BCUT2D eigenvalue weighted by atomic mass is 32.2. The van der Waals surface area contributed by atoms with Gasteiger partial charge in [0.05, 0.1) is 11.4 Å². The number of aromatic nitrogens is 1. The lowest BCUT2D eigenvalue weighted by atomic mass is 10.1. The normalized spacial score (nSPS) is 13.0. The predicted octanol–water partition coefficient (Wildman–Crippen LogP) is 7.27. The summed E-state index contributed by atoms with van der Waals surface area (Å²) in [6.07, 6.45) is 0.